The van der Waals surface area contributed by atoms with Crippen LogP contribution in [0.2, 0.25) is 0 Å². The van der Waals surface area contributed by atoms with Crippen molar-refractivity contribution in [3.05, 3.63) is 28.5 Å². The lowest BCUT2D eigenvalue weighted by Crippen LogP contribution is -1.87. The average molecular weight is 225 g/mol. The summed E-state index contributed by atoms with van der Waals surface area (Å²) in [6, 6.07) is 4.05. The van der Waals surface area contributed by atoms with Gasteiger partial charge in [0.15, 0.2) is 0 Å². The second kappa shape index (κ2) is 2.59. The Kier molecular flexibility index (Phi) is 1.68. The van der Waals surface area contributed by atoms with Crippen LogP contribution < -0.4 is 0 Å². The topological polar surface area (TPSA) is 17.8 Å². The summed E-state index contributed by atoms with van der Waals surface area (Å²) in [5, 5.41) is 1.22. The lowest BCUT2D eigenvalue weighted by molar-refractivity contribution is 0.942. The van der Waals surface area contributed by atoms with Crippen molar-refractivity contribution < 1.29 is 0 Å². The lowest BCUT2D eigenvalue weighted by Gasteiger charge is -1.94. The molecule has 2 nitrogen and oxygen atoms in total. The van der Waals surface area contributed by atoms with E-state index in [4.69, 9.17) is 0 Å². The molecule has 0 atom stereocenters. The van der Waals surface area contributed by atoms with Gasteiger partial charge in [-0.05, 0) is 40.5 Å². The molecule has 0 spiro atoms. The summed E-state index contributed by atoms with van der Waals surface area (Å²) in [6.07, 6.45) is 2.09. The minimum atomic E-state index is 0.885. The zero-order chi connectivity index (χ0) is 8.72. The molecule has 0 aliphatic carbocycles. The van der Waals surface area contributed by atoms with Crippen LogP contribution in [-0.4, -0.2) is 9.55 Å². The first-order valence-electron chi connectivity index (χ1n) is 3.76. The van der Waals surface area contributed by atoms with Crippen LogP contribution in [0.3, 0.4) is 0 Å². The number of aryl methyl sites for hydroxylation is 2. The first-order valence-corrected chi connectivity index (χ1v) is 4.56. The molecule has 0 N–H and O–H groups in total. The zero-order valence-corrected chi connectivity index (χ0v) is 8.59. The molecule has 0 aromatic carbocycles. The molecular formula is C9H9BrN2. The Morgan fingerprint density at radius 2 is 2.17 bits per heavy atom. The summed E-state index contributed by atoms with van der Waals surface area (Å²) in [5.74, 6) is 0. The molecule has 2 rings (SSSR count). The van der Waals surface area contributed by atoms with Crippen LogP contribution in [0.15, 0.2) is 22.9 Å². The van der Waals surface area contributed by atoms with Gasteiger partial charge in [0, 0.05) is 18.6 Å². The predicted molar refractivity (Wildman–Crippen MR) is 53.2 cm³/mol. The van der Waals surface area contributed by atoms with E-state index < -0.39 is 0 Å². The number of rotatable bonds is 0. The average Bonchev–Trinajstić information content (AvgIpc) is 2.28. The van der Waals surface area contributed by atoms with Crippen molar-refractivity contribution in [2.24, 2.45) is 7.05 Å². The van der Waals surface area contributed by atoms with Crippen molar-refractivity contribution in [1.29, 1.82) is 0 Å². The van der Waals surface area contributed by atoms with E-state index in [1.165, 1.54) is 10.9 Å². The first-order chi connectivity index (χ1) is 5.68. The maximum atomic E-state index is 4.38. The van der Waals surface area contributed by atoms with E-state index in [1.54, 1.807) is 0 Å². The van der Waals surface area contributed by atoms with Crippen molar-refractivity contribution >= 4 is 27.0 Å². The molecule has 62 valence electrons. The Morgan fingerprint density at radius 1 is 1.42 bits per heavy atom. The van der Waals surface area contributed by atoms with Gasteiger partial charge in [-0.3, -0.25) is 0 Å². The summed E-state index contributed by atoms with van der Waals surface area (Å²) in [7, 11) is 2.01. The van der Waals surface area contributed by atoms with Gasteiger partial charge >= 0.3 is 0 Å². The van der Waals surface area contributed by atoms with Gasteiger partial charge in [0.05, 0.1) is 0 Å². The number of hydrogen-bond acceptors (Lipinski definition) is 1. The van der Waals surface area contributed by atoms with Gasteiger partial charge in [0.25, 0.3) is 0 Å². The highest BCUT2D eigenvalue weighted by Crippen LogP contribution is 2.19. The number of fused-ring (bicyclic) bond motifs is 1. The van der Waals surface area contributed by atoms with Crippen molar-refractivity contribution in [3.8, 4) is 0 Å². The van der Waals surface area contributed by atoms with Crippen LogP contribution in [0.1, 0.15) is 5.56 Å². The molecule has 0 bridgehead atoms. The van der Waals surface area contributed by atoms with E-state index in [0.717, 1.165) is 10.3 Å². The third-order valence-corrected chi connectivity index (χ3v) is 2.43. The third kappa shape index (κ3) is 1.05. The van der Waals surface area contributed by atoms with Crippen LogP contribution in [0, 0.1) is 6.92 Å². The predicted octanol–water partition coefficient (Wildman–Crippen LogP) is 2.64. The monoisotopic (exact) mass is 224 g/mol. The van der Waals surface area contributed by atoms with Gasteiger partial charge < -0.3 is 4.57 Å². The highest BCUT2D eigenvalue weighted by Gasteiger charge is 2.03. The molecule has 2 aromatic heterocycles. The molecule has 0 aliphatic rings. The molecule has 0 aliphatic heterocycles. The molecule has 0 fully saturated rings. The van der Waals surface area contributed by atoms with Crippen LogP contribution in [0.5, 0.6) is 0 Å². The maximum Gasteiger partial charge on any atom is 0.141 e. The van der Waals surface area contributed by atoms with Gasteiger partial charge in [-0.1, -0.05) is 0 Å². The second-order valence-electron chi connectivity index (χ2n) is 2.93. The van der Waals surface area contributed by atoms with Crippen LogP contribution in [-0.2, 0) is 7.05 Å². The zero-order valence-electron chi connectivity index (χ0n) is 7.00. The Labute approximate surface area is 79.3 Å². The van der Waals surface area contributed by atoms with Crippen molar-refractivity contribution in [2.75, 3.05) is 0 Å². The van der Waals surface area contributed by atoms with Crippen molar-refractivity contribution in [1.82, 2.24) is 9.55 Å². The smallest absolute Gasteiger partial charge is 0.141 e. The highest BCUT2D eigenvalue weighted by atomic mass is 79.9. The third-order valence-electron chi connectivity index (χ3n) is 1.99. The van der Waals surface area contributed by atoms with Crippen LogP contribution in [0.4, 0.5) is 0 Å². The summed E-state index contributed by atoms with van der Waals surface area (Å²) in [5.41, 5.74) is 2.30. The fraction of sp³-hybridized carbons (Fsp3) is 0.222. The molecular weight excluding hydrogens is 216 g/mol. The SMILES string of the molecule is Cc1cn(C)c2nc(Br)ccc12. The molecule has 0 saturated heterocycles. The molecule has 0 saturated carbocycles. The number of hydrogen-bond donors (Lipinski definition) is 0. The number of aromatic nitrogens is 2. The Bertz CT molecular complexity index is 431. The number of halogens is 1. The minimum absolute atomic E-state index is 0.885. The quantitative estimate of drug-likeness (QED) is 0.630. The van der Waals surface area contributed by atoms with E-state index in [9.17, 15) is 0 Å². The first kappa shape index (κ1) is 7.80. The summed E-state index contributed by atoms with van der Waals surface area (Å²) in [6.45, 7) is 2.10. The minimum Gasteiger partial charge on any atom is -0.335 e. The van der Waals surface area contributed by atoms with Gasteiger partial charge in [0.2, 0.25) is 0 Å². The van der Waals surface area contributed by atoms with Crippen molar-refractivity contribution in [3.63, 3.8) is 0 Å². The number of pyridine rings is 1. The second-order valence-corrected chi connectivity index (χ2v) is 3.74. The Hall–Kier alpha value is -0.830. The maximum absolute atomic E-state index is 4.38. The van der Waals surface area contributed by atoms with E-state index in [-0.39, 0.29) is 0 Å². The summed E-state index contributed by atoms with van der Waals surface area (Å²) in [4.78, 5) is 4.38. The molecule has 2 aromatic rings. The fourth-order valence-corrected chi connectivity index (χ4v) is 1.72. The molecule has 0 radical (unpaired) electrons. The molecule has 2 heterocycles. The van der Waals surface area contributed by atoms with E-state index in [2.05, 4.69) is 40.1 Å². The normalized spacial score (nSPS) is 10.9. The van der Waals surface area contributed by atoms with Gasteiger partial charge in [-0.25, -0.2) is 4.98 Å². The van der Waals surface area contributed by atoms with Crippen LogP contribution >= 0.6 is 15.9 Å². The largest absolute Gasteiger partial charge is 0.335 e. The van der Waals surface area contributed by atoms with Crippen molar-refractivity contribution in [2.45, 2.75) is 6.92 Å². The molecule has 3 heteroatoms. The molecule has 12 heavy (non-hydrogen) atoms. The lowest BCUT2D eigenvalue weighted by atomic mass is 10.2. The van der Waals surface area contributed by atoms with E-state index in [0.29, 0.717) is 0 Å². The highest BCUT2D eigenvalue weighted by molar-refractivity contribution is 9.10. The fourth-order valence-electron chi connectivity index (χ4n) is 1.42. The number of nitrogens with zero attached hydrogens (tertiary/aromatic N) is 2. The van der Waals surface area contributed by atoms with Crippen LogP contribution in [0.25, 0.3) is 11.0 Å². The van der Waals surface area contributed by atoms with E-state index in [1.807, 2.05) is 17.7 Å². The van der Waals surface area contributed by atoms with Gasteiger partial charge in [-0.2, -0.15) is 0 Å². The Morgan fingerprint density at radius 3 is 2.92 bits per heavy atom. The Balaban J connectivity index is 2.90. The van der Waals surface area contributed by atoms with Gasteiger partial charge in [0.1, 0.15) is 10.3 Å². The molecule has 0 amide bonds. The molecule has 0 unspecified atom stereocenters. The van der Waals surface area contributed by atoms with E-state index >= 15 is 0 Å². The summed E-state index contributed by atoms with van der Waals surface area (Å²) < 4.78 is 2.92. The summed E-state index contributed by atoms with van der Waals surface area (Å²) >= 11 is 3.35. The standard InChI is InChI=1S/C9H9BrN2/c1-6-5-12(2)9-7(6)3-4-8(10)11-9/h3-5H,1-2H3. The van der Waals surface area contributed by atoms with Gasteiger partial charge in [-0.15, -0.1) is 0 Å².